The van der Waals surface area contributed by atoms with Gasteiger partial charge in [0, 0.05) is 44.8 Å². The van der Waals surface area contributed by atoms with Gasteiger partial charge in [0.1, 0.15) is 0 Å². The molecule has 2 aliphatic heterocycles. The molecule has 6 nitrogen and oxygen atoms in total. The lowest BCUT2D eigenvalue weighted by atomic mass is 10.2. The number of carbonyl (C=O) groups is 1. The van der Waals surface area contributed by atoms with Crippen molar-refractivity contribution in [3.05, 3.63) is 23.8 Å². The molecule has 1 saturated heterocycles. The van der Waals surface area contributed by atoms with Crippen molar-refractivity contribution in [3.8, 4) is 11.5 Å². The fourth-order valence-electron chi connectivity index (χ4n) is 3.21. The SMILES string of the molecule is O=C(NCc1cccc2c1OCO2)N1CCN(CC2CC2)CC1. The molecule has 4 rings (SSSR count). The molecule has 0 spiro atoms. The summed E-state index contributed by atoms with van der Waals surface area (Å²) in [6, 6.07) is 5.77. The Morgan fingerprint density at radius 2 is 2.00 bits per heavy atom. The third-order valence-electron chi connectivity index (χ3n) is 4.78. The summed E-state index contributed by atoms with van der Waals surface area (Å²) in [6.07, 6.45) is 2.77. The zero-order chi connectivity index (χ0) is 15.6. The first-order chi connectivity index (χ1) is 11.3. The number of carbonyl (C=O) groups excluding carboxylic acids is 1. The Labute approximate surface area is 136 Å². The van der Waals surface area contributed by atoms with E-state index in [0.29, 0.717) is 6.54 Å². The monoisotopic (exact) mass is 317 g/mol. The molecule has 1 aromatic carbocycles. The molecule has 2 fully saturated rings. The van der Waals surface area contributed by atoms with E-state index in [9.17, 15) is 4.79 Å². The second-order valence-electron chi connectivity index (χ2n) is 6.54. The Balaban J connectivity index is 1.27. The number of nitrogens with one attached hydrogen (secondary N) is 1. The Morgan fingerprint density at radius 3 is 2.78 bits per heavy atom. The van der Waals surface area contributed by atoms with Crippen molar-refractivity contribution in [1.29, 1.82) is 0 Å². The van der Waals surface area contributed by atoms with Gasteiger partial charge < -0.3 is 19.7 Å². The number of benzene rings is 1. The molecule has 6 heteroatoms. The van der Waals surface area contributed by atoms with Crippen LogP contribution in [0.1, 0.15) is 18.4 Å². The lowest BCUT2D eigenvalue weighted by molar-refractivity contribution is 0.136. The zero-order valence-electron chi connectivity index (χ0n) is 13.3. The van der Waals surface area contributed by atoms with Crippen molar-refractivity contribution < 1.29 is 14.3 Å². The Hall–Kier alpha value is -1.95. The van der Waals surface area contributed by atoms with E-state index < -0.39 is 0 Å². The molecule has 0 unspecified atom stereocenters. The average molecular weight is 317 g/mol. The number of hydrogen-bond acceptors (Lipinski definition) is 4. The van der Waals surface area contributed by atoms with Gasteiger partial charge in [0.05, 0.1) is 0 Å². The highest BCUT2D eigenvalue weighted by atomic mass is 16.7. The molecule has 1 aromatic rings. The summed E-state index contributed by atoms with van der Waals surface area (Å²) in [5.41, 5.74) is 0.959. The van der Waals surface area contributed by atoms with Gasteiger partial charge in [-0.2, -0.15) is 0 Å². The van der Waals surface area contributed by atoms with E-state index in [4.69, 9.17) is 9.47 Å². The fraction of sp³-hybridized carbons (Fsp3) is 0.588. The molecular weight excluding hydrogens is 294 g/mol. The smallest absolute Gasteiger partial charge is 0.317 e. The lowest BCUT2D eigenvalue weighted by Crippen LogP contribution is -2.51. The summed E-state index contributed by atoms with van der Waals surface area (Å²) in [7, 11) is 0. The topological polar surface area (TPSA) is 54.0 Å². The van der Waals surface area contributed by atoms with Crippen LogP contribution in [0.2, 0.25) is 0 Å². The van der Waals surface area contributed by atoms with E-state index in [-0.39, 0.29) is 12.8 Å². The molecule has 0 bridgehead atoms. The van der Waals surface area contributed by atoms with E-state index in [1.807, 2.05) is 23.1 Å². The number of urea groups is 1. The van der Waals surface area contributed by atoms with Crippen LogP contribution in [0.3, 0.4) is 0 Å². The molecule has 0 aromatic heterocycles. The van der Waals surface area contributed by atoms with Crippen LogP contribution in [0.25, 0.3) is 0 Å². The van der Waals surface area contributed by atoms with Crippen LogP contribution < -0.4 is 14.8 Å². The number of fused-ring (bicyclic) bond motifs is 1. The van der Waals surface area contributed by atoms with Crippen molar-refractivity contribution in [2.24, 2.45) is 5.92 Å². The summed E-state index contributed by atoms with van der Waals surface area (Å²) in [4.78, 5) is 16.7. The Kier molecular flexibility index (Phi) is 3.99. The Morgan fingerprint density at radius 1 is 1.17 bits per heavy atom. The van der Waals surface area contributed by atoms with Gasteiger partial charge in [-0.1, -0.05) is 12.1 Å². The summed E-state index contributed by atoms with van der Waals surface area (Å²) in [5.74, 6) is 2.42. The molecule has 23 heavy (non-hydrogen) atoms. The first-order valence-electron chi connectivity index (χ1n) is 8.42. The number of rotatable bonds is 4. The van der Waals surface area contributed by atoms with Crippen molar-refractivity contribution in [1.82, 2.24) is 15.1 Å². The molecule has 1 aliphatic carbocycles. The molecule has 0 atom stereocenters. The van der Waals surface area contributed by atoms with Crippen LogP contribution in [0, 0.1) is 5.92 Å². The first-order valence-corrected chi connectivity index (χ1v) is 8.42. The largest absolute Gasteiger partial charge is 0.454 e. The van der Waals surface area contributed by atoms with E-state index >= 15 is 0 Å². The van der Waals surface area contributed by atoms with Crippen LogP contribution in [0.5, 0.6) is 11.5 Å². The van der Waals surface area contributed by atoms with Gasteiger partial charge in [-0.25, -0.2) is 4.79 Å². The van der Waals surface area contributed by atoms with Gasteiger partial charge in [-0.3, -0.25) is 4.90 Å². The minimum Gasteiger partial charge on any atom is -0.454 e. The number of piperazine rings is 1. The van der Waals surface area contributed by atoms with Crippen molar-refractivity contribution in [2.45, 2.75) is 19.4 Å². The molecule has 0 radical (unpaired) electrons. The van der Waals surface area contributed by atoms with Crippen LogP contribution in [0.15, 0.2) is 18.2 Å². The molecule has 2 amide bonds. The van der Waals surface area contributed by atoms with Gasteiger partial charge in [-0.15, -0.1) is 0 Å². The van der Waals surface area contributed by atoms with E-state index in [1.54, 1.807) is 0 Å². The summed E-state index contributed by atoms with van der Waals surface area (Å²) >= 11 is 0. The van der Waals surface area contributed by atoms with Crippen LogP contribution >= 0.6 is 0 Å². The number of ether oxygens (including phenoxy) is 2. The van der Waals surface area contributed by atoms with Gasteiger partial charge >= 0.3 is 6.03 Å². The fourth-order valence-corrected chi connectivity index (χ4v) is 3.21. The van der Waals surface area contributed by atoms with Gasteiger partial charge in [0.25, 0.3) is 0 Å². The van der Waals surface area contributed by atoms with Gasteiger partial charge in [-0.05, 0) is 24.8 Å². The normalized spacial score (nSPS) is 20.6. The third-order valence-corrected chi connectivity index (χ3v) is 4.78. The Bertz CT molecular complexity index is 580. The van der Waals surface area contributed by atoms with Crippen LogP contribution in [0.4, 0.5) is 4.79 Å². The maximum absolute atomic E-state index is 12.3. The maximum Gasteiger partial charge on any atom is 0.317 e. The zero-order valence-corrected chi connectivity index (χ0v) is 13.3. The van der Waals surface area contributed by atoms with Gasteiger partial charge in [0.15, 0.2) is 11.5 Å². The van der Waals surface area contributed by atoms with E-state index in [0.717, 1.165) is 49.2 Å². The number of para-hydroxylation sites is 1. The maximum atomic E-state index is 12.3. The number of nitrogens with zero attached hydrogens (tertiary/aromatic N) is 2. The molecule has 3 aliphatic rings. The van der Waals surface area contributed by atoms with E-state index in [1.165, 1.54) is 19.4 Å². The van der Waals surface area contributed by atoms with Crippen LogP contribution in [-0.4, -0.2) is 55.3 Å². The first kappa shape index (κ1) is 14.6. The summed E-state index contributed by atoms with van der Waals surface area (Å²) < 4.78 is 10.8. The summed E-state index contributed by atoms with van der Waals surface area (Å²) in [6.45, 7) is 5.53. The molecular formula is C17H23N3O3. The number of hydrogen-bond donors (Lipinski definition) is 1. The minimum atomic E-state index is 0.00703. The number of amides is 2. The minimum absolute atomic E-state index is 0.00703. The highest BCUT2D eigenvalue weighted by Gasteiger charge is 2.27. The van der Waals surface area contributed by atoms with E-state index in [2.05, 4.69) is 10.2 Å². The molecule has 1 saturated carbocycles. The van der Waals surface area contributed by atoms with Crippen molar-refractivity contribution >= 4 is 6.03 Å². The predicted octanol–water partition coefficient (Wildman–Crippen LogP) is 1.65. The highest BCUT2D eigenvalue weighted by Crippen LogP contribution is 2.35. The standard InChI is InChI=1S/C17H23N3O3/c21-17(20-8-6-19(7-9-20)11-13-4-5-13)18-10-14-2-1-3-15-16(14)23-12-22-15/h1-3,13H,4-12H2,(H,18,21). The second-order valence-corrected chi connectivity index (χ2v) is 6.54. The predicted molar refractivity (Wildman–Crippen MR) is 85.5 cm³/mol. The molecule has 124 valence electrons. The van der Waals surface area contributed by atoms with Crippen molar-refractivity contribution in [3.63, 3.8) is 0 Å². The quantitative estimate of drug-likeness (QED) is 0.917. The van der Waals surface area contributed by atoms with Crippen LogP contribution in [-0.2, 0) is 6.54 Å². The van der Waals surface area contributed by atoms with Gasteiger partial charge in [0.2, 0.25) is 6.79 Å². The molecule has 2 heterocycles. The highest BCUT2D eigenvalue weighted by molar-refractivity contribution is 5.74. The lowest BCUT2D eigenvalue weighted by Gasteiger charge is -2.34. The summed E-state index contributed by atoms with van der Waals surface area (Å²) in [5, 5.41) is 3.00. The molecule has 1 N–H and O–H groups in total. The second kappa shape index (κ2) is 6.28. The third kappa shape index (κ3) is 3.37. The average Bonchev–Trinajstić information content (AvgIpc) is 3.25. The van der Waals surface area contributed by atoms with Crippen molar-refractivity contribution in [2.75, 3.05) is 39.5 Å².